The van der Waals surface area contributed by atoms with Crippen LogP contribution in [0.3, 0.4) is 0 Å². The van der Waals surface area contributed by atoms with Gasteiger partial charge in [0.25, 0.3) is 0 Å². The fraction of sp³-hybridized carbons (Fsp3) is 0.261. The van der Waals surface area contributed by atoms with E-state index in [0.29, 0.717) is 49.1 Å². The summed E-state index contributed by atoms with van der Waals surface area (Å²) in [5.74, 6) is 1.78. The minimum atomic E-state index is -0.648. The van der Waals surface area contributed by atoms with Gasteiger partial charge in [0.2, 0.25) is 11.9 Å². The van der Waals surface area contributed by atoms with Gasteiger partial charge in [-0.05, 0) is 36.6 Å². The third-order valence-corrected chi connectivity index (χ3v) is 5.98. The number of ether oxygens (including phenoxy) is 2. The van der Waals surface area contributed by atoms with Crippen LogP contribution in [0.1, 0.15) is 18.4 Å². The van der Waals surface area contributed by atoms with E-state index in [-0.39, 0.29) is 5.91 Å². The number of carbonyl (C=O) groups excluding carboxylic acids is 1. The number of anilines is 2. The van der Waals surface area contributed by atoms with Crippen molar-refractivity contribution in [2.75, 3.05) is 30.4 Å². The Morgan fingerprint density at radius 2 is 1.77 bits per heavy atom. The van der Waals surface area contributed by atoms with Gasteiger partial charge in [-0.3, -0.25) is 4.79 Å². The monoisotopic (exact) mass is 420 g/mol. The van der Waals surface area contributed by atoms with E-state index in [4.69, 9.17) is 9.47 Å². The zero-order chi connectivity index (χ0) is 21.4. The fourth-order valence-electron chi connectivity index (χ4n) is 4.33. The molecular weight excluding hydrogens is 399 g/mol. The van der Waals surface area contributed by atoms with Crippen LogP contribution in [-0.4, -0.2) is 36.1 Å². The lowest BCUT2D eigenvalue weighted by Crippen LogP contribution is -2.47. The Kier molecular flexibility index (Phi) is 4.69. The molecule has 1 spiro atoms. The number of halogens is 1. The zero-order valence-corrected chi connectivity index (χ0v) is 17.0. The van der Waals surface area contributed by atoms with Crippen LogP contribution in [0.25, 0.3) is 0 Å². The van der Waals surface area contributed by atoms with Crippen molar-refractivity contribution in [3.8, 4) is 17.2 Å². The van der Waals surface area contributed by atoms with Gasteiger partial charge in [-0.1, -0.05) is 18.2 Å². The summed E-state index contributed by atoms with van der Waals surface area (Å²) in [4.78, 5) is 23.2. The number of hydrogen-bond donors (Lipinski definition) is 1. The normalized spacial score (nSPS) is 16.7. The van der Waals surface area contributed by atoms with Crippen LogP contribution < -0.4 is 19.7 Å². The van der Waals surface area contributed by atoms with Crippen LogP contribution in [0.15, 0.2) is 54.9 Å². The van der Waals surface area contributed by atoms with Gasteiger partial charge in [-0.25, -0.2) is 14.4 Å². The SMILES string of the molecule is COc1cc2c(cc1Oc1ccccc1)NC(=O)C21CCN(c2ncc(F)cn2)CC1. The number of rotatable bonds is 4. The zero-order valence-electron chi connectivity index (χ0n) is 17.0. The molecule has 3 heterocycles. The van der Waals surface area contributed by atoms with E-state index < -0.39 is 11.2 Å². The van der Waals surface area contributed by atoms with Crippen molar-refractivity contribution >= 4 is 17.5 Å². The molecule has 0 atom stereocenters. The number of hydrogen-bond acceptors (Lipinski definition) is 6. The Morgan fingerprint density at radius 3 is 2.45 bits per heavy atom. The van der Waals surface area contributed by atoms with Gasteiger partial charge in [0.05, 0.1) is 24.9 Å². The van der Waals surface area contributed by atoms with E-state index >= 15 is 0 Å². The number of carbonyl (C=O) groups is 1. The van der Waals surface area contributed by atoms with Crippen LogP contribution in [0.4, 0.5) is 16.0 Å². The molecule has 2 aromatic carbocycles. The highest BCUT2D eigenvalue weighted by Gasteiger charge is 2.49. The molecule has 1 fully saturated rings. The Hall–Kier alpha value is -3.68. The third kappa shape index (κ3) is 3.34. The van der Waals surface area contributed by atoms with Gasteiger partial charge in [0.15, 0.2) is 17.3 Å². The molecule has 158 valence electrons. The first-order valence-electron chi connectivity index (χ1n) is 10.1. The minimum Gasteiger partial charge on any atom is -0.493 e. The van der Waals surface area contributed by atoms with Gasteiger partial charge in [0.1, 0.15) is 5.75 Å². The van der Waals surface area contributed by atoms with Crippen LogP contribution >= 0.6 is 0 Å². The predicted molar refractivity (Wildman–Crippen MR) is 113 cm³/mol. The van der Waals surface area contributed by atoms with Gasteiger partial charge >= 0.3 is 0 Å². The molecule has 7 nitrogen and oxygen atoms in total. The average Bonchev–Trinajstić information content (AvgIpc) is 3.05. The fourth-order valence-corrected chi connectivity index (χ4v) is 4.33. The van der Waals surface area contributed by atoms with Crippen molar-refractivity contribution in [1.29, 1.82) is 0 Å². The molecule has 0 saturated carbocycles. The van der Waals surface area contributed by atoms with E-state index in [1.54, 1.807) is 7.11 Å². The quantitative estimate of drug-likeness (QED) is 0.690. The number of methoxy groups -OCH3 is 1. The van der Waals surface area contributed by atoms with Gasteiger partial charge < -0.3 is 19.7 Å². The number of benzene rings is 2. The van der Waals surface area contributed by atoms with E-state index in [1.807, 2.05) is 47.4 Å². The molecule has 1 N–H and O–H groups in total. The molecule has 1 amide bonds. The van der Waals surface area contributed by atoms with Crippen molar-refractivity contribution in [3.63, 3.8) is 0 Å². The third-order valence-electron chi connectivity index (χ3n) is 5.98. The minimum absolute atomic E-state index is 0.0268. The summed E-state index contributed by atoms with van der Waals surface area (Å²) < 4.78 is 24.7. The second kappa shape index (κ2) is 7.54. The Labute approximate surface area is 178 Å². The number of amides is 1. The molecule has 31 heavy (non-hydrogen) atoms. The molecule has 2 aliphatic rings. The van der Waals surface area contributed by atoms with Crippen LogP contribution in [0.2, 0.25) is 0 Å². The Morgan fingerprint density at radius 1 is 1.06 bits per heavy atom. The predicted octanol–water partition coefficient (Wildman–Crippen LogP) is 3.91. The van der Waals surface area contributed by atoms with E-state index in [2.05, 4.69) is 15.3 Å². The second-order valence-corrected chi connectivity index (χ2v) is 7.69. The van der Waals surface area contributed by atoms with E-state index in [1.165, 1.54) is 0 Å². The number of fused-ring (bicyclic) bond motifs is 2. The van der Waals surface area contributed by atoms with Crippen LogP contribution in [0, 0.1) is 5.82 Å². The highest BCUT2D eigenvalue weighted by molar-refractivity contribution is 6.07. The number of nitrogens with zero attached hydrogens (tertiary/aromatic N) is 3. The number of piperidine rings is 1. The lowest BCUT2D eigenvalue weighted by Gasteiger charge is -2.38. The van der Waals surface area contributed by atoms with Gasteiger partial charge in [-0.2, -0.15) is 0 Å². The number of nitrogens with one attached hydrogen (secondary N) is 1. The van der Waals surface area contributed by atoms with E-state index in [9.17, 15) is 9.18 Å². The maximum atomic E-state index is 13.1. The summed E-state index contributed by atoms with van der Waals surface area (Å²) in [5.41, 5.74) is 1.00. The lowest BCUT2D eigenvalue weighted by molar-refractivity contribution is -0.121. The van der Waals surface area contributed by atoms with Gasteiger partial charge in [0, 0.05) is 24.8 Å². The van der Waals surface area contributed by atoms with E-state index in [0.717, 1.165) is 23.6 Å². The molecule has 1 aromatic heterocycles. The summed E-state index contributed by atoms with van der Waals surface area (Å²) in [6.45, 7) is 1.17. The molecule has 1 saturated heterocycles. The molecule has 8 heteroatoms. The Balaban J connectivity index is 1.43. The Bertz CT molecular complexity index is 1110. The molecule has 2 aliphatic heterocycles. The largest absolute Gasteiger partial charge is 0.493 e. The second-order valence-electron chi connectivity index (χ2n) is 7.69. The number of para-hydroxylation sites is 1. The topological polar surface area (TPSA) is 76.6 Å². The molecule has 5 rings (SSSR count). The van der Waals surface area contributed by atoms with Crippen LogP contribution in [-0.2, 0) is 10.2 Å². The first-order valence-corrected chi connectivity index (χ1v) is 10.1. The van der Waals surface area contributed by atoms with Crippen molar-refractivity contribution in [3.05, 3.63) is 66.2 Å². The number of aromatic nitrogens is 2. The van der Waals surface area contributed by atoms with Crippen LogP contribution in [0.5, 0.6) is 17.2 Å². The first-order chi connectivity index (χ1) is 15.1. The summed E-state index contributed by atoms with van der Waals surface area (Å²) in [7, 11) is 1.59. The average molecular weight is 420 g/mol. The summed E-state index contributed by atoms with van der Waals surface area (Å²) in [6.07, 6.45) is 3.50. The lowest BCUT2D eigenvalue weighted by atomic mass is 9.73. The molecule has 0 unspecified atom stereocenters. The van der Waals surface area contributed by atoms with Crippen molar-refractivity contribution in [2.45, 2.75) is 18.3 Å². The van der Waals surface area contributed by atoms with Crippen molar-refractivity contribution < 1.29 is 18.7 Å². The smallest absolute Gasteiger partial charge is 0.235 e. The molecule has 0 bridgehead atoms. The first kappa shape index (κ1) is 19.3. The summed E-state index contributed by atoms with van der Waals surface area (Å²) in [5, 5.41) is 3.02. The van der Waals surface area contributed by atoms with Crippen molar-refractivity contribution in [1.82, 2.24) is 9.97 Å². The highest BCUT2D eigenvalue weighted by atomic mass is 19.1. The molecule has 3 aromatic rings. The van der Waals surface area contributed by atoms with Crippen molar-refractivity contribution in [2.24, 2.45) is 0 Å². The maximum Gasteiger partial charge on any atom is 0.235 e. The maximum absolute atomic E-state index is 13.1. The summed E-state index contributed by atoms with van der Waals surface area (Å²) in [6, 6.07) is 13.1. The molecular formula is C23H21FN4O3. The summed E-state index contributed by atoms with van der Waals surface area (Å²) >= 11 is 0. The molecule has 0 aliphatic carbocycles. The standard InChI is InChI=1S/C23H21FN4O3/c1-30-19-11-17-18(12-20(19)31-16-5-3-2-4-6-16)27-21(29)23(17)7-9-28(10-8-23)22-25-13-15(24)14-26-22/h2-6,11-14H,7-10H2,1H3,(H,27,29). The van der Waals surface area contributed by atoms with Gasteiger partial charge in [-0.15, -0.1) is 0 Å². The molecule has 0 radical (unpaired) electrons. The highest BCUT2D eigenvalue weighted by Crippen LogP contribution is 2.49.